The van der Waals surface area contributed by atoms with Crippen LogP contribution in [0.3, 0.4) is 0 Å². The fourth-order valence-electron chi connectivity index (χ4n) is 20.3. The van der Waals surface area contributed by atoms with Gasteiger partial charge in [0, 0.05) is 39.1 Å². The largest absolute Gasteiger partial charge is 0.479 e. The number of carboxylic acids is 1. The van der Waals surface area contributed by atoms with Gasteiger partial charge in [-0.25, -0.2) is 4.79 Å². The predicted octanol–water partition coefficient (Wildman–Crippen LogP) is -2.48. The van der Waals surface area contributed by atoms with Crippen molar-refractivity contribution in [2.24, 2.45) is 56.2 Å². The molecule has 32 heteroatoms. The highest BCUT2D eigenvalue weighted by Crippen LogP contribution is 2.76. The highest BCUT2D eigenvalue weighted by atomic mass is 16.8. The Bertz CT molecular complexity index is 2930. The average Bonchev–Trinajstić information content (AvgIpc) is 0.670. The predicted molar refractivity (Wildman–Crippen MR) is 339 cm³/mol. The van der Waals surface area contributed by atoms with Crippen LogP contribution in [0.15, 0.2) is 11.6 Å². The maximum absolute atomic E-state index is 15.9. The van der Waals surface area contributed by atoms with Crippen molar-refractivity contribution in [3.05, 3.63) is 11.6 Å². The Kier molecular flexibility index (Phi) is 23.5. The minimum Gasteiger partial charge on any atom is -0.479 e. The number of hydrogen-bond acceptors (Lipinski definition) is 31. The summed E-state index contributed by atoms with van der Waals surface area (Å²) in [6, 6.07) is 0. The zero-order valence-corrected chi connectivity index (χ0v) is 59.2. The fourth-order valence-corrected chi connectivity index (χ4v) is 20.3. The third kappa shape index (κ3) is 13.7. The maximum Gasteiger partial charge on any atom is 0.335 e. The van der Waals surface area contributed by atoms with Crippen LogP contribution in [0.25, 0.3) is 0 Å². The molecule has 32 nitrogen and oxygen atoms in total. The van der Waals surface area contributed by atoms with E-state index in [1.165, 1.54) is 21.1 Å². The van der Waals surface area contributed by atoms with Crippen molar-refractivity contribution in [3.8, 4) is 0 Å². The van der Waals surface area contributed by atoms with Crippen LogP contribution in [-0.4, -0.2) is 313 Å². The summed E-state index contributed by atoms with van der Waals surface area (Å²) in [5.74, 6) is -5.41. The molecule has 0 aromatic heterocycles. The van der Waals surface area contributed by atoms with Crippen molar-refractivity contribution < 1.29 is 157 Å². The van der Waals surface area contributed by atoms with Crippen molar-refractivity contribution in [2.75, 3.05) is 40.6 Å². The molecular formula is C69H110O32. The van der Waals surface area contributed by atoms with Crippen molar-refractivity contribution in [1.29, 1.82) is 0 Å². The second-order valence-corrected chi connectivity index (χ2v) is 32.4. The van der Waals surface area contributed by atoms with Crippen molar-refractivity contribution in [2.45, 2.75) is 304 Å². The zero-order valence-electron chi connectivity index (χ0n) is 59.2. The van der Waals surface area contributed by atoms with E-state index in [0.29, 0.717) is 38.5 Å². The van der Waals surface area contributed by atoms with E-state index in [2.05, 4.69) is 40.7 Å². The number of carboxylic acid groups (broad SMARTS) is 1. The van der Waals surface area contributed by atoms with E-state index < -0.39 is 255 Å². The second-order valence-electron chi connectivity index (χ2n) is 32.4. The molecule has 11 rings (SSSR count). The van der Waals surface area contributed by atoms with E-state index in [4.69, 9.17) is 66.3 Å². The minimum absolute atomic E-state index is 0.103. The van der Waals surface area contributed by atoms with E-state index in [-0.39, 0.29) is 49.5 Å². The Morgan fingerprint density at radius 2 is 1.18 bits per heavy atom. The topological polar surface area (TPSA) is 484 Å². The summed E-state index contributed by atoms with van der Waals surface area (Å²) in [7, 11) is 2.60. The molecule has 5 saturated heterocycles. The first kappa shape index (κ1) is 79.2. The molecule has 0 aromatic rings. The standard InChI is InChI=1S/C69H110O32/c1-27-49(94-29(3)72)45(81)55(100-60-48(84)52(89-11)50(28(2)92-60)97-59-47(83)51(88-10)34(74)25-91-59)61(93-27)101-63(87)69-19-18-64(4,5)21-32(69)31-12-13-37-65(6)16-15-39(66(7,26-71)36(65)14-17-67(37,8)68(31,9)22-38(69)75)96-62-56(95-35-20-30(23-70)40(76)43(79)42(35)78)53(46(82)54(99-62)57(85)86)98-58-44(80)41(77)33(73)24-90-58/h12,27-28,30,32-56,58-62,70-71,73-84H,13-26H2,1-11H3,(H,85,86)/t27?,28?,30?,32?,33-,34-,35+,36?,37?,38?,39?,40-,41?,42?,43?,44?,45?,46+,47?,48?,49-,50-,51?,52?,53?,54?,55?,56?,58-,59-,60-,61-,62+,65-,66?,67+,68+,69+/m0/s1. The molecule has 0 aromatic carbocycles. The number of carbonyl (C=O) groups is 3. The van der Waals surface area contributed by atoms with Crippen LogP contribution in [0.4, 0.5) is 0 Å². The number of esters is 2. The van der Waals surface area contributed by atoms with E-state index in [0.717, 1.165) is 12.5 Å². The van der Waals surface area contributed by atoms with Gasteiger partial charge in [-0.05, 0) is 117 Å². The number of methoxy groups -OCH3 is 2. The summed E-state index contributed by atoms with van der Waals surface area (Å²) in [5, 5.41) is 169. The molecule has 578 valence electrons. The monoisotopic (exact) mass is 1450 g/mol. The molecule has 15 N–H and O–H groups in total. The lowest BCUT2D eigenvalue weighted by molar-refractivity contribution is -0.375. The second kappa shape index (κ2) is 29.9. The lowest BCUT2D eigenvalue weighted by atomic mass is 9.33. The molecule has 101 heavy (non-hydrogen) atoms. The third-order valence-electron chi connectivity index (χ3n) is 26.2. The number of allylic oxidation sites excluding steroid dienone is 2. The number of aliphatic hydroxyl groups excluding tert-OH is 14. The molecule has 22 unspecified atom stereocenters. The number of ether oxygens (including phenoxy) is 14. The minimum atomic E-state index is -2.14. The molecule has 0 amide bonds. The van der Waals surface area contributed by atoms with Gasteiger partial charge in [-0.2, -0.15) is 0 Å². The Morgan fingerprint density at radius 3 is 1.82 bits per heavy atom. The van der Waals surface area contributed by atoms with Crippen LogP contribution >= 0.6 is 0 Å². The van der Waals surface area contributed by atoms with E-state index in [1.807, 2.05) is 6.92 Å². The quantitative estimate of drug-likeness (QED) is 0.0384. The Morgan fingerprint density at radius 1 is 0.554 bits per heavy atom. The first-order valence-electron chi connectivity index (χ1n) is 35.6. The summed E-state index contributed by atoms with van der Waals surface area (Å²) in [4.78, 5) is 41.5. The lowest BCUT2D eigenvalue weighted by Gasteiger charge is -2.72. The molecule has 0 spiro atoms. The fraction of sp³-hybridized carbons (Fsp3) is 0.928. The molecular weight excluding hydrogens is 1340 g/mol. The highest BCUT2D eigenvalue weighted by molar-refractivity contribution is 5.80. The molecule has 0 bridgehead atoms. The van der Waals surface area contributed by atoms with Crippen molar-refractivity contribution in [1.82, 2.24) is 0 Å². The van der Waals surface area contributed by atoms with E-state index in [9.17, 15) is 86.2 Å². The van der Waals surface area contributed by atoms with Gasteiger partial charge in [-0.15, -0.1) is 0 Å². The summed E-state index contributed by atoms with van der Waals surface area (Å²) in [6.45, 7) is 15.0. The molecule has 10 fully saturated rings. The van der Waals surface area contributed by atoms with Gasteiger partial charge in [-0.3, -0.25) is 9.59 Å². The van der Waals surface area contributed by atoms with E-state index in [1.54, 1.807) is 6.92 Å². The number of hydrogen-bond donors (Lipinski definition) is 15. The average molecular weight is 1450 g/mol. The van der Waals surface area contributed by atoms with Crippen LogP contribution in [-0.2, 0) is 80.7 Å². The van der Waals surface area contributed by atoms with Gasteiger partial charge >= 0.3 is 17.9 Å². The number of carbonyl (C=O) groups excluding carboxylic acids is 2. The SMILES string of the molecule is COC1C(O)[C@H](OC2C(O)[C@@H](OC(C)=O)C(C)O[C@H]2OC(=O)[C@]23CCC(C)(C)CC2C2=CCC4[C@@]5(C)CCC(O[C@@H]6OC(C(=O)O)[C@H](O)C(O[C@@H]7OC[C@H](O)C(O)C7O)C6O[C@@H]6CC(CO)[C@H](O)C(O)C6O)C(C)(CO)C5CC[C@@]4(C)[C@]2(C)CC3O)OC(C)[C@@H]1O[C@@H]1OC[C@H](O)C(OC)C1O. The van der Waals surface area contributed by atoms with Gasteiger partial charge in [-0.1, -0.05) is 53.2 Å². The van der Waals surface area contributed by atoms with Crippen LogP contribution in [0.1, 0.15) is 127 Å². The van der Waals surface area contributed by atoms with Crippen LogP contribution in [0, 0.1) is 56.2 Å². The van der Waals surface area contributed by atoms with Crippen LogP contribution in [0.5, 0.6) is 0 Å². The lowest BCUT2D eigenvalue weighted by Crippen LogP contribution is -2.69. The molecule has 5 saturated carbocycles. The number of fused-ring (bicyclic) bond motifs is 7. The molecule has 5 heterocycles. The highest BCUT2D eigenvalue weighted by Gasteiger charge is 2.73. The molecule has 5 aliphatic heterocycles. The normalized spacial score (nSPS) is 52.9. The molecule has 0 radical (unpaired) electrons. The van der Waals surface area contributed by atoms with Gasteiger partial charge in [0.25, 0.3) is 0 Å². The first-order valence-corrected chi connectivity index (χ1v) is 35.6. The summed E-state index contributed by atoms with van der Waals surface area (Å²) in [6.07, 6.45) is -40.1. The van der Waals surface area contributed by atoms with Crippen molar-refractivity contribution >= 4 is 17.9 Å². The third-order valence-corrected chi connectivity index (χ3v) is 26.2. The summed E-state index contributed by atoms with van der Waals surface area (Å²) in [5.41, 5.74) is -4.11. The van der Waals surface area contributed by atoms with Gasteiger partial charge < -0.3 is 143 Å². The van der Waals surface area contributed by atoms with Crippen LogP contribution < -0.4 is 0 Å². The van der Waals surface area contributed by atoms with Gasteiger partial charge in [0.1, 0.15) is 97.0 Å². The maximum atomic E-state index is 15.9. The summed E-state index contributed by atoms with van der Waals surface area (Å²) < 4.78 is 85.1. The Hall–Kier alpha value is -2.89. The molecule has 6 aliphatic carbocycles. The first-order chi connectivity index (χ1) is 47.4. The Labute approximate surface area is 586 Å². The molecule has 38 atom stereocenters. The molecule has 11 aliphatic rings. The number of aliphatic hydroxyl groups is 14. The van der Waals surface area contributed by atoms with Gasteiger partial charge in [0.05, 0.1) is 56.4 Å². The summed E-state index contributed by atoms with van der Waals surface area (Å²) >= 11 is 0. The Balaban J connectivity index is 0.866. The van der Waals surface area contributed by atoms with Gasteiger partial charge in [0.15, 0.2) is 43.5 Å². The van der Waals surface area contributed by atoms with Gasteiger partial charge in [0.2, 0.25) is 6.29 Å². The van der Waals surface area contributed by atoms with E-state index >= 15 is 4.79 Å². The number of aliphatic carboxylic acids is 1. The van der Waals surface area contributed by atoms with Crippen LogP contribution in [0.2, 0.25) is 0 Å². The van der Waals surface area contributed by atoms with Crippen molar-refractivity contribution in [3.63, 3.8) is 0 Å². The smallest absolute Gasteiger partial charge is 0.335 e. The zero-order chi connectivity index (χ0) is 73.9. The number of rotatable bonds is 18.